The maximum atomic E-state index is 12.6. The van der Waals surface area contributed by atoms with Crippen LogP contribution < -0.4 is 16.2 Å². The van der Waals surface area contributed by atoms with Gasteiger partial charge in [-0.1, -0.05) is 12.1 Å². The molecular weight excluding hydrogens is 462 g/mol. The van der Waals surface area contributed by atoms with Crippen LogP contribution in [0.4, 0.5) is 11.4 Å². The van der Waals surface area contributed by atoms with Crippen LogP contribution in [0.5, 0.6) is 0 Å². The number of amides is 1. The van der Waals surface area contributed by atoms with Gasteiger partial charge in [0, 0.05) is 36.2 Å². The normalized spacial score (nSPS) is 13.0. The van der Waals surface area contributed by atoms with Crippen LogP contribution in [0.1, 0.15) is 35.5 Å². The predicted octanol–water partition coefficient (Wildman–Crippen LogP) is 3.62. The molecule has 174 valence electrons. The minimum atomic E-state index is -0.440. The fourth-order valence-corrected chi connectivity index (χ4v) is 5.97. The zero-order chi connectivity index (χ0) is 23.2. The number of thioether (sulfide) groups is 1. The van der Waals surface area contributed by atoms with Gasteiger partial charge in [0.15, 0.2) is 0 Å². The van der Waals surface area contributed by atoms with Gasteiger partial charge in [-0.15, -0.1) is 11.3 Å². The van der Waals surface area contributed by atoms with Crippen molar-refractivity contribution in [3.05, 3.63) is 61.0 Å². The van der Waals surface area contributed by atoms with Crippen molar-refractivity contribution in [3.63, 3.8) is 0 Å². The molecule has 2 heterocycles. The zero-order valence-corrected chi connectivity index (χ0v) is 19.7. The summed E-state index contributed by atoms with van der Waals surface area (Å²) in [5, 5.41) is 17.6. The monoisotopic (exact) mass is 487 g/mol. The number of benzene rings is 1. The van der Waals surface area contributed by atoms with E-state index in [1.807, 2.05) is 0 Å². The molecule has 0 spiro atoms. The third-order valence-electron chi connectivity index (χ3n) is 5.45. The molecule has 1 aliphatic rings. The smallest absolute Gasteiger partial charge is 0.292 e. The molecule has 1 amide bonds. The first-order valence-electron chi connectivity index (χ1n) is 10.9. The van der Waals surface area contributed by atoms with Crippen LogP contribution in [-0.4, -0.2) is 39.6 Å². The second-order valence-corrected chi connectivity index (χ2v) is 9.95. The first-order valence-corrected chi connectivity index (χ1v) is 12.8. The van der Waals surface area contributed by atoms with E-state index in [-0.39, 0.29) is 17.2 Å². The molecule has 2 aromatic heterocycles. The average molecular weight is 488 g/mol. The van der Waals surface area contributed by atoms with Crippen molar-refractivity contribution < 1.29 is 9.72 Å². The van der Waals surface area contributed by atoms with E-state index in [2.05, 4.69) is 20.6 Å². The van der Waals surface area contributed by atoms with Gasteiger partial charge >= 0.3 is 0 Å². The summed E-state index contributed by atoms with van der Waals surface area (Å²) in [6.07, 6.45) is 4.63. The first-order chi connectivity index (χ1) is 16.0. The number of nitro groups is 1. The summed E-state index contributed by atoms with van der Waals surface area (Å²) < 4.78 is 0. The Balaban J connectivity index is 1.19. The summed E-state index contributed by atoms with van der Waals surface area (Å²) in [4.78, 5) is 44.9. The van der Waals surface area contributed by atoms with Crippen LogP contribution in [0.3, 0.4) is 0 Å². The van der Waals surface area contributed by atoms with Gasteiger partial charge in [0.1, 0.15) is 16.3 Å². The van der Waals surface area contributed by atoms with E-state index in [1.54, 1.807) is 41.3 Å². The summed E-state index contributed by atoms with van der Waals surface area (Å²) in [7, 11) is 0. The standard InChI is InChI=1S/C22H25N5O4S2/c28-19(24-11-10-23-15-6-2-3-7-16(15)27(30)31)9-12-32-13-18-25-21(29)20-14-5-1-4-8-17(14)33-22(20)26-18/h2-3,6-7,23H,1,4-5,8-13H2,(H,24,28)(H,25,26,29). The summed E-state index contributed by atoms with van der Waals surface area (Å²) in [6, 6.07) is 6.40. The number of carbonyl (C=O) groups excluding carboxylic acids is 1. The molecule has 1 aliphatic carbocycles. The number of aromatic nitrogens is 2. The van der Waals surface area contributed by atoms with Gasteiger partial charge in [-0.05, 0) is 37.3 Å². The van der Waals surface area contributed by atoms with Crippen LogP contribution in [-0.2, 0) is 23.4 Å². The summed E-state index contributed by atoms with van der Waals surface area (Å²) >= 11 is 3.18. The number of carbonyl (C=O) groups is 1. The number of hydrogen-bond acceptors (Lipinski definition) is 8. The lowest BCUT2D eigenvalue weighted by Gasteiger charge is -2.09. The highest BCUT2D eigenvalue weighted by Crippen LogP contribution is 2.33. The maximum absolute atomic E-state index is 12.6. The number of nitrogens with one attached hydrogen (secondary N) is 3. The van der Waals surface area contributed by atoms with Gasteiger partial charge in [-0.3, -0.25) is 19.7 Å². The van der Waals surface area contributed by atoms with E-state index in [1.165, 1.54) is 22.9 Å². The summed E-state index contributed by atoms with van der Waals surface area (Å²) in [6.45, 7) is 0.754. The molecule has 4 rings (SSSR count). The largest absolute Gasteiger partial charge is 0.378 e. The third-order valence-corrected chi connectivity index (χ3v) is 7.61. The van der Waals surface area contributed by atoms with E-state index in [4.69, 9.17) is 0 Å². The Labute approximate surface area is 198 Å². The molecule has 9 nitrogen and oxygen atoms in total. The van der Waals surface area contributed by atoms with Crippen molar-refractivity contribution in [3.8, 4) is 0 Å². The number of fused-ring (bicyclic) bond motifs is 3. The average Bonchev–Trinajstić information content (AvgIpc) is 3.18. The molecule has 0 atom stereocenters. The van der Waals surface area contributed by atoms with Gasteiger partial charge in [0.2, 0.25) is 5.91 Å². The number of aromatic amines is 1. The molecular formula is C22H25N5O4S2. The van der Waals surface area contributed by atoms with E-state index >= 15 is 0 Å². The molecule has 33 heavy (non-hydrogen) atoms. The van der Waals surface area contributed by atoms with E-state index < -0.39 is 4.92 Å². The van der Waals surface area contributed by atoms with Gasteiger partial charge in [0.25, 0.3) is 11.2 Å². The van der Waals surface area contributed by atoms with Crippen molar-refractivity contribution in [2.45, 2.75) is 37.9 Å². The van der Waals surface area contributed by atoms with Gasteiger partial charge in [-0.25, -0.2) is 4.98 Å². The van der Waals surface area contributed by atoms with Crippen LogP contribution in [0.25, 0.3) is 10.2 Å². The number of hydrogen-bond donors (Lipinski definition) is 3. The fourth-order valence-electron chi connectivity index (χ4n) is 3.88. The quantitative estimate of drug-likeness (QED) is 0.226. The molecule has 0 fully saturated rings. The maximum Gasteiger partial charge on any atom is 0.292 e. The van der Waals surface area contributed by atoms with Gasteiger partial charge < -0.3 is 15.6 Å². The van der Waals surface area contributed by atoms with Gasteiger partial charge in [0.05, 0.1) is 16.1 Å². The molecule has 0 radical (unpaired) electrons. The van der Waals surface area contributed by atoms with E-state index in [9.17, 15) is 19.7 Å². The van der Waals surface area contributed by atoms with Crippen molar-refractivity contribution >= 4 is 50.6 Å². The zero-order valence-electron chi connectivity index (χ0n) is 18.0. The Kier molecular flexibility index (Phi) is 7.61. The van der Waals surface area contributed by atoms with Crippen molar-refractivity contribution in [2.75, 3.05) is 24.2 Å². The molecule has 1 aromatic carbocycles. The third kappa shape index (κ3) is 5.72. The molecule has 0 saturated heterocycles. The molecule has 3 aromatic rings. The molecule has 0 unspecified atom stereocenters. The fraction of sp³-hybridized carbons (Fsp3) is 0.409. The number of thiophene rings is 1. The Morgan fingerprint density at radius 2 is 2.06 bits per heavy atom. The number of H-pyrrole nitrogens is 1. The first kappa shape index (κ1) is 23.2. The Morgan fingerprint density at radius 1 is 1.24 bits per heavy atom. The molecule has 3 N–H and O–H groups in total. The number of nitro benzene ring substituents is 1. The minimum Gasteiger partial charge on any atom is -0.378 e. The van der Waals surface area contributed by atoms with Crippen LogP contribution in [0.15, 0.2) is 29.1 Å². The highest BCUT2D eigenvalue weighted by atomic mass is 32.2. The topological polar surface area (TPSA) is 130 Å². The van der Waals surface area contributed by atoms with Crippen LogP contribution in [0.2, 0.25) is 0 Å². The lowest BCUT2D eigenvalue weighted by molar-refractivity contribution is -0.384. The molecule has 0 aliphatic heterocycles. The molecule has 0 saturated carbocycles. The highest BCUT2D eigenvalue weighted by Gasteiger charge is 2.19. The number of para-hydroxylation sites is 2. The highest BCUT2D eigenvalue weighted by molar-refractivity contribution is 7.98. The lowest BCUT2D eigenvalue weighted by atomic mass is 9.97. The van der Waals surface area contributed by atoms with Crippen molar-refractivity contribution in [1.82, 2.24) is 15.3 Å². The molecule has 11 heteroatoms. The van der Waals surface area contributed by atoms with Crippen molar-refractivity contribution in [2.24, 2.45) is 0 Å². The SMILES string of the molecule is O=C(CCSCc1nc2sc3c(c2c(=O)[nH]1)CCCC3)NCCNc1ccccc1[N+](=O)[O-]. The second-order valence-electron chi connectivity index (χ2n) is 7.76. The summed E-state index contributed by atoms with van der Waals surface area (Å²) in [5.74, 6) is 1.70. The van der Waals surface area contributed by atoms with Gasteiger partial charge in [-0.2, -0.15) is 11.8 Å². The summed E-state index contributed by atoms with van der Waals surface area (Å²) in [5.41, 5.74) is 1.56. The predicted molar refractivity (Wildman–Crippen MR) is 132 cm³/mol. The van der Waals surface area contributed by atoms with E-state index in [0.717, 1.165) is 29.5 Å². The number of rotatable bonds is 10. The number of aryl methyl sites for hydroxylation is 2. The lowest BCUT2D eigenvalue weighted by Crippen LogP contribution is -2.29. The number of nitrogens with zero attached hydrogens (tertiary/aromatic N) is 2. The Hall–Kier alpha value is -2.92. The Bertz CT molecular complexity index is 1220. The molecule has 0 bridgehead atoms. The number of anilines is 1. The van der Waals surface area contributed by atoms with E-state index in [0.29, 0.717) is 42.5 Å². The van der Waals surface area contributed by atoms with Crippen LogP contribution >= 0.6 is 23.1 Å². The van der Waals surface area contributed by atoms with Crippen molar-refractivity contribution in [1.29, 1.82) is 0 Å². The van der Waals surface area contributed by atoms with Crippen LogP contribution in [0, 0.1) is 10.1 Å². The minimum absolute atomic E-state index is 0.00721. The Morgan fingerprint density at radius 3 is 2.91 bits per heavy atom. The second kappa shape index (κ2) is 10.8.